The molecule has 0 unspecified atom stereocenters. The highest BCUT2D eigenvalue weighted by molar-refractivity contribution is 6.67. The number of hydrogen-bond donors (Lipinski definition) is 0. The number of carbonyl (C=O) groups excluding carboxylic acids is 2. The van der Waals surface area contributed by atoms with Crippen LogP contribution in [-0.4, -0.2) is 11.2 Å². The third-order valence-corrected chi connectivity index (χ3v) is 3.20. The smallest absolute Gasteiger partial charge is 0.311 e. The maximum atomic E-state index is 11.9. The summed E-state index contributed by atoms with van der Waals surface area (Å²) in [5.74, 6) is -0.202. The van der Waals surface area contributed by atoms with Gasteiger partial charge in [0.1, 0.15) is 6.61 Å². The van der Waals surface area contributed by atoms with Gasteiger partial charge < -0.3 is 4.74 Å². The van der Waals surface area contributed by atoms with E-state index < -0.39 is 10.7 Å². The molecule has 1 aromatic rings. The Labute approximate surface area is 118 Å². The van der Waals surface area contributed by atoms with Gasteiger partial charge in [-0.15, -0.1) is 0 Å². The molecule has 0 aliphatic heterocycles. The lowest BCUT2D eigenvalue weighted by Gasteiger charge is -2.21. The quantitative estimate of drug-likeness (QED) is 0.586. The van der Waals surface area contributed by atoms with E-state index in [1.807, 2.05) is 20.8 Å². The summed E-state index contributed by atoms with van der Waals surface area (Å²) in [5.41, 5.74) is 0.811. The molecule has 1 rings (SSSR count). The fourth-order valence-electron chi connectivity index (χ4n) is 1.80. The normalized spacial score (nSPS) is 11.2. The van der Waals surface area contributed by atoms with Crippen LogP contribution in [0.3, 0.4) is 0 Å². The van der Waals surface area contributed by atoms with Crippen molar-refractivity contribution >= 4 is 22.8 Å². The lowest BCUT2D eigenvalue weighted by Crippen LogP contribution is -2.26. The zero-order chi connectivity index (χ0) is 14.5. The highest BCUT2D eigenvalue weighted by atomic mass is 35.5. The lowest BCUT2D eigenvalue weighted by atomic mass is 9.88. The van der Waals surface area contributed by atoms with Crippen molar-refractivity contribution in [3.8, 4) is 0 Å². The van der Waals surface area contributed by atoms with E-state index in [1.165, 1.54) is 0 Å². The van der Waals surface area contributed by atoms with Crippen molar-refractivity contribution in [2.24, 2.45) is 5.41 Å². The minimum atomic E-state index is -0.493. The number of ether oxygens (including phenoxy) is 1. The van der Waals surface area contributed by atoms with E-state index in [1.54, 1.807) is 24.3 Å². The molecular weight excluding hydrogens is 264 g/mol. The predicted octanol–water partition coefficient (Wildman–Crippen LogP) is 3.94. The van der Waals surface area contributed by atoms with E-state index in [9.17, 15) is 9.59 Å². The van der Waals surface area contributed by atoms with E-state index >= 15 is 0 Å². The van der Waals surface area contributed by atoms with Crippen LogP contribution in [0.25, 0.3) is 0 Å². The Morgan fingerprint density at radius 2 is 1.79 bits per heavy atom. The van der Waals surface area contributed by atoms with Crippen LogP contribution in [0.1, 0.15) is 49.5 Å². The Morgan fingerprint density at radius 3 is 2.26 bits per heavy atom. The molecular formula is C15H19ClO3. The summed E-state index contributed by atoms with van der Waals surface area (Å²) >= 11 is 5.35. The van der Waals surface area contributed by atoms with Gasteiger partial charge in [0.25, 0.3) is 5.24 Å². The number of esters is 1. The average Bonchev–Trinajstić information content (AvgIpc) is 2.36. The van der Waals surface area contributed by atoms with Crippen LogP contribution < -0.4 is 0 Å². The second-order valence-electron chi connectivity index (χ2n) is 5.18. The molecule has 0 atom stereocenters. The van der Waals surface area contributed by atoms with Gasteiger partial charge in [0.15, 0.2) is 0 Å². The second kappa shape index (κ2) is 6.71. The molecule has 0 aliphatic carbocycles. The maximum Gasteiger partial charge on any atom is 0.311 e. The third kappa shape index (κ3) is 4.67. The highest BCUT2D eigenvalue weighted by Crippen LogP contribution is 2.24. The first-order valence-corrected chi connectivity index (χ1v) is 6.70. The minimum absolute atomic E-state index is 0.202. The maximum absolute atomic E-state index is 11.9. The van der Waals surface area contributed by atoms with Crippen LogP contribution in [0.4, 0.5) is 0 Å². The largest absolute Gasteiger partial charge is 0.460 e. The van der Waals surface area contributed by atoms with Gasteiger partial charge in [-0.05, 0) is 49.6 Å². The van der Waals surface area contributed by atoms with Crippen molar-refractivity contribution in [1.29, 1.82) is 0 Å². The van der Waals surface area contributed by atoms with Gasteiger partial charge in [0.05, 0.1) is 5.41 Å². The summed E-state index contributed by atoms with van der Waals surface area (Å²) in [6.45, 7) is 6.02. The van der Waals surface area contributed by atoms with Crippen molar-refractivity contribution in [2.45, 2.75) is 40.2 Å². The molecule has 0 N–H and O–H groups in total. The van der Waals surface area contributed by atoms with Crippen molar-refractivity contribution in [3.05, 3.63) is 35.4 Å². The number of hydrogen-bond acceptors (Lipinski definition) is 3. The van der Waals surface area contributed by atoms with Crippen molar-refractivity contribution < 1.29 is 14.3 Å². The molecule has 0 saturated carbocycles. The number of carbonyl (C=O) groups is 2. The zero-order valence-corrected chi connectivity index (χ0v) is 12.3. The van der Waals surface area contributed by atoms with Crippen molar-refractivity contribution in [3.63, 3.8) is 0 Å². The molecule has 0 spiro atoms. The SMILES string of the molecule is CCCC(C)(C)C(=O)OCc1ccc(C(=O)Cl)cc1. The monoisotopic (exact) mass is 282 g/mol. The highest BCUT2D eigenvalue weighted by Gasteiger charge is 2.28. The summed E-state index contributed by atoms with van der Waals surface area (Å²) in [7, 11) is 0. The molecule has 0 aromatic heterocycles. The fraction of sp³-hybridized carbons (Fsp3) is 0.467. The van der Waals surface area contributed by atoms with Crippen molar-refractivity contribution in [1.82, 2.24) is 0 Å². The molecule has 0 radical (unpaired) electrons. The molecule has 104 valence electrons. The average molecular weight is 283 g/mol. The van der Waals surface area contributed by atoms with E-state index in [2.05, 4.69) is 0 Å². The zero-order valence-electron chi connectivity index (χ0n) is 11.5. The molecule has 0 fully saturated rings. The fourth-order valence-corrected chi connectivity index (χ4v) is 1.93. The van der Waals surface area contributed by atoms with Crippen LogP contribution in [0.15, 0.2) is 24.3 Å². The predicted molar refractivity (Wildman–Crippen MR) is 75.1 cm³/mol. The van der Waals surface area contributed by atoms with E-state index in [4.69, 9.17) is 16.3 Å². The van der Waals surface area contributed by atoms with Crippen LogP contribution in [0.5, 0.6) is 0 Å². The molecule has 0 amide bonds. The molecule has 3 nitrogen and oxygen atoms in total. The van der Waals surface area contributed by atoms with Gasteiger partial charge in [-0.1, -0.05) is 25.5 Å². The molecule has 1 aromatic carbocycles. The standard InChI is InChI=1S/C15H19ClO3/c1-4-9-15(2,3)14(18)19-10-11-5-7-12(8-6-11)13(16)17/h5-8H,4,9-10H2,1-3H3. The van der Waals surface area contributed by atoms with Crippen LogP contribution >= 0.6 is 11.6 Å². The minimum Gasteiger partial charge on any atom is -0.460 e. The Kier molecular flexibility index (Phi) is 5.55. The Morgan fingerprint density at radius 1 is 1.21 bits per heavy atom. The number of benzene rings is 1. The van der Waals surface area contributed by atoms with Gasteiger partial charge >= 0.3 is 5.97 Å². The molecule has 0 heterocycles. The first-order chi connectivity index (χ1) is 8.86. The van der Waals surface area contributed by atoms with E-state index in [0.717, 1.165) is 18.4 Å². The summed E-state index contributed by atoms with van der Waals surface area (Å²) in [4.78, 5) is 22.8. The summed E-state index contributed by atoms with van der Waals surface area (Å²) in [5, 5.41) is -0.493. The number of halogens is 1. The second-order valence-corrected chi connectivity index (χ2v) is 5.52. The van der Waals surface area contributed by atoms with Gasteiger partial charge in [-0.25, -0.2) is 0 Å². The summed E-state index contributed by atoms with van der Waals surface area (Å²) in [6.07, 6.45) is 1.74. The summed E-state index contributed by atoms with van der Waals surface area (Å²) < 4.78 is 5.29. The third-order valence-electron chi connectivity index (χ3n) is 2.98. The summed E-state index contributed by atoms with van der Waals surface area (Å²) in [6, 6.07) is 6.71. The number of rotatable bonds is 6. The van der Waals surface area contributed by atoms with Crippen molar-refractivity contribution in [2.75, 3.05) is 0 Å². The Bertz CT molecular complexity index is 449. The van der Waals surface area contributed by atoms with Gasteiger partial charge in [0.2, 0.25) is 0 Å². The Hall–Kier alpha value is -1.35. The topological polar surface area (TPSA) is 43.4 Å². The molecule has 4 heteroatoms. The van der Waals surface area contributed by atoms with Crippen LogP contribution in [0.2, 0.25) is 0 Å². The van der Waals surface area contributed by atoms with Gasteiger partial charge in [0, 0.05) is 5.56 Å². The molecule has 0 saturated heterocycles. The van der Waals surface area contributed by atoms with Gasteiger partial charge in [-0.2, -0.15) is 0 Å². The van der Waals surface area contributed by atoms with Gasteiger partial charge in [-0.3, -0.25) is 9.59 Å². The lowest BCUT2D eigenvalue weighted by molar-refractivity contribution is -0.155. The molecule has 0 aliphatic rings. The van der Waals surface area contributed by atoms with E-state index in [0.29, 0.717) is 5.56 Å². The Balaban J connectivity index is 2.57. The van der Waals surface area contributed by atoms with E-state index in [-0.39, 0.29) is 12.6 Å². The molecule has 19 heavy (non-hydrogen) atoms. The first kappa shape index (κ1) is 15.7. The van der Waals surface area contributed by atoms with Crippen LogP contribution in [0, 0.1) is 5.41 Å². The first-order valence-electron chi connectivity index (χ1n) is 6.33. The van der Waals surface area contributed by atoms with Crippen LogP contribution in [-0.2, 0) is 16.1 Å². The molecule has 0 bridgehead atoms.